The summed E-state index contributed by atoms with van der Waals surface area (Å²) in [5.41, 5.74) is 0.652. The molecule has 1 amide bonds. The molecule has 2 aromatic carbocycles. The molecule has 2 aliphatic heterocycles. The van der Waals surface area contributed by atoms with Crippen LogP contribution >= 0.6 is 0 Å². The van der Waals surface area contributed by atoms with E-state index in [4.69, 9.17) is 9.47 Å². The summed E-state index contributed by atoms with van der Waals surface area (Å²) in [6.07, 6.45) is 0. The number of ether oxygens (including phenoxy) is 2. The first-order valence-electron chi connectivity index (χ1n) is 9.95. The Kier molecular flexibility index (Phi) is 5.65. The number of fused-ring (bicyclic) bond motifs is 1. The fraction of sp³-hybridized carbons (Fsp3) is 0.304. The van der Waals surface area contributed by atoms with Crippen molar-refractivity contribution in [2.24, 2.45) is 0 Å². The van der Waals surface area contributed by atoms with Crippen molar-refractivity contribution in [3.63, 3.8) is 0 Å². The van der Waals surface area contributed by atoms with E-state index in [2.05, 4.69) is 0 Å². The van der Waals surface area contributed by atoms with E-state index in [-0.39, 0.29) is 17.9 Å². The maximum absolute atomic E-state index is 14.0. The van der Waals surface area contributed by atoms with Gasteiger partial charge >= 0.3 is 0 Å². The molecule has 0 bridgehead atoms. The lowest BCUT2D eigenvalue weighted by atomic mass is 9.95. The Labute approximate surface area is 179 Å². The molecule has 0 unspecified atom stereocenters. The molecular formula is C23H23FN2O5. The first kappa shape index (κ1) is 20.9. The molecule has 0 saturated carbocycles. The molecule has 1 fully saturated rings. The number of halogens is 1. The van der Waals surface area contributed by atoms with E-state index in [0.717, 1.165) is 0 Å². The molecule has 0 radical (unpaired) electrons. The van der Waals surface area contributed by atoms with Crippen molar-refractivity contribution in [3.8, 4) is 11.5 Å². The zero-order valence-electron chi connectivity index (χ0n) is 17.3. The van der Waals surface area contributed by atoms with Crippen LogP contribution in [0.4, 0.5) is 4.39 Å². The number of Topliss-reactive ketones (excluding diaryl/α,β-unsaturated/α-hetero) is 1. The summed E-state index contributed by atoms with van der Waals surface area (Å²) < 4.78 is 25.1. The Bertz CT molecular complexity index is 1070. The second-order valence-electron chi connectivity index (χ2n) is 7.71. The van der Waals surface area contributed by atoms with E-state index in [0.29, 0.717) is 42.4 Å². The summed E-state index contributed by atoms with van der Waals surface area (Å²) in [6.45, 7) is 1.55. The van der Waals surface area contributed by atoms with E-state index in [1.54, 1.807) is 24.3 Å². The summed E-state index contributed by atoms with van der Waals surface area (Å²) in [7, 11) is 3.70. The molecule has 2 aliphatic rings. The van der Waals surface area contributed by atoms with Gasteiger partial charge in [0.15, 0.2) is 11.5 Å². The number of hydrogen-bond donors (Lipinski definition) is 1. The number of aliphatic hydroxyl groups excluding tert-OH is 1. The molecule has 0 spiro atoms. The van der Waals surface area contributed by atoms with Gasteiger partial charge in [-0.1, -0.05) is 12.1 Å². The third-order valence-corrected chi connectivity index (χ3v) is 5.31. The highest BCUT2D eigenvalue weighted by atomic mass is 19.1. The van der Waals surface area contributed by atoms with Gasteiger partial charge in [-0.2, -0.15) is 0 Å². The summed E-state index contributed by atoms with van der Waals surface area (Å²) >= 11 is 0. The number of likely N-dealkylation sites (N-methyl/N-ethyl adjacent to an activating group) is 1. The largest absolute Gasteiger partial charge is 0.507 e. The number of benzene rings is 2. The second kappa shape index (κ2) is 8.39. The Morgan fingerprint density at radius 1 is 1.13 bits per heavy atom. The minimum atomic E-state index is -0.899. The van der Waals surface area contributed by atoms with Crippen LogP contribution in [0.2, 0.25) is 0 Å². The predicted molar refractivity (Wildman–Crippen MR) is 111 cm³/mol. The topological polar surface area (TPSA) is 79.3 Å². The first-order valence-corrected chi connectivity index (χ1v) is 9.95. The molecule has 7 nitrogen and oxygen atoms in total. The van der Waals surface area contributed by atoms with Gasteiger partial charge in [0.05, 0.1) is 11.6 Å². The van der Waals surface area contributed by atoms with E-state index in [1.807, 2.05) is 19.0 Å². The standard InChI is InChI=1S/C23H23FN2O5/c1-25(2)8-9-26-20(14-4-3-5-16(24)12-14)19(22(28)23(26)29)21(27)15-6-7-17-18(13-15)31-11-10-30-17/h3-7,12-13,20,27H,8-11H2,1-2H3/t20-/m0/s1. The van der Waals surface area contributed by atoms with Crippen molar-refractivity contribution in [1.29, 1.82) is 0 Å². The number of ketones is 1. The van der Waals surface area contributed by atoms with Crippen LogP contribution in [0.25, 0.3) is 5.76 Å². The highest BCUT2D eigenvalue weighted by Crippen LogP contribution is 2.41. The van der Waals surface area contributed by atoms with Crippen molar-refractivity contribution in [2.75, 3.05) is 40.4 Å². The van der Waals surface area contributed by atoms with E-state index in [1.165, 1.54) is 23.1 Å². The van der Waals surface area contributed by atoms with E-state index >= 15 is 0 Å². The lowest BCUT2D eigenvalue weighted by molar-refractivity contribution is -0.140. The summed E-state index contributed by atoms with van der Waals surface area (Å²) in [6, 6.07) is 9.62. The summed E-state index contributed by atoms with van der Waals surface area (Å²) in [4.78, 5) is 29.1. The average Bonchev–Trinajstić information content (AvgIpc) is 3.01. The Hall–Kier alpha value is -3.39. The number of likely N-dealkylation sites (tertiary alicyclic amines) is 1. The van der Waals surface area contributed by atoms with Crippen molar-refractivity contribution in [1.82, 2.24) is 9.80 Å². The van der Waals surface area contributed by atoms with Gasteiger partial charge in [0, 0.05) is 18.7 Å². The maximum atomic E-state index is 14.0. The molecule has 1 saturated heterocycles. The fourth-order valence-corrected chi connectivity index (χ4v) is 3.79. The van der Waals surface area contributed by atoms with E-state index < -0.39 is 23.5 Å². The minimum absolute atomic E-state index is 0.0777. The summed E-state index contributed by atoms with van der Waals surface area (Å²) in [5, 5.41) is 11.1. The molecule has 2 heterocycles. The van der Waals surface area contributed by atoms with Gasteiger partial charge in [-0.15, -0.1) is 0 Å². The third kappa shape index (κ3) is 3.98. The molecule has 162 valence electrons. The Morgan fingerprint density at radius 3 is 2.58 bits per heavy atom. The predicted octanol–water partition coefficient (Wildman–Crippen LogP) is 2.58. The molecule has 8 heteroatoms. The number of hydrogen-bond acceptors (Lipinski definition) is 6. The molecule has 1 atom stereocenters. The van der Waals surface area contributed by atoms with Crippen LogP contribution in [0.5, 0.6) is 11.5 Å². The number of carbonyl (C=O) groups excluding carboxylic acids is 2. The molecule has 2 aromatic rings. The fourth-order valence-electron chi connectivity index (χ4n) is 3.79. The zero-order valence-corrected chi connectivity index (χ0v) is 17.3. The van der Waals surface area contributed by atoms with Crippen LogP contribution < -0.4 is 9.47 Å². The lowest BCUT2D eigenvalue weighted by Gasteiger charge is -2.26. The highest BCUT2D eigenvalue weighted by molar-refractivity contribution is 6.46. The quantitative estimate of drug-likeness (QED) is 0.450. The van der Waals surface area contributed by atoms with Crippen LogP contribution in [0.1, 0.15) is 17.2 Å². The number of rotatable bonds is 5. The Morgan fingerprint density at radius 2 is 1.87 bits per heavy atom. The van der Waals surface area contributed by atoms with Gasteiger partial charge in [-0.3, -0.25) is 9.59 Å². The SMILES string of the molecule is CN(C)CCN1C(=O)C(=O)C(=C(O)c2ccc3c(c2)OCCO3)[C@@H]1c1cccc(F)c1. The molecule has 31 heavy (non-hydrogen) atoms. The van der Waals surface area contributed by atoms with E-state index in [9.17, 15) is 19.1 Å². The molecule has 4 rings (SSSR count). The van der Waals surface area contributed by atoms with Gasteiger partial charge in [0.2, 0.25) is 0 Å². The van der Waals surface area contributed by atoms with Crippen molar-refractivity contribution < 1.29 is 28.6 Å². The molecule has 1 N–H and O–H groups in total. The monoisotopic (exact) mass is 426 g/mol. The van der Waals surface area contributed by atoms with Crippen LogP contribution in [-0.4, -0.2) is 67.0 Å². The summed E-state index contributed by atoms with van der Waals surface area (Å²) in [5.74, 6) is -1.38. The number of amides is 1. The normalized spacial score (nSPS) is 19.9. The number of nitrogens with zero attached hydrogens (tertiary/aromatic N) is 2. The molecule has 0 aromatic heterocycles. The van der Waals surface area contributed by atoms with Crippen molar-refractivity contribution >= 4 is 17.4 Å². The second-order valence-corrected chi connectivity index (χ2v) is 7.71. The maximum Gasteiger partial charge on any atom is 0.295 e. The van der Waals surface area contributed by atoms with Crippen molar-refractivity contribution in [2.45, 2.75) is 6.04 Å². The van der Waals surface area contributed by atoms with Crippen molar-refractivity contribution in [3.05, 3.63) is 65.0 Å². The lowest BCUT2D eigenvalue weighted by Crippen LogP contribution is -2.35. The van der Waals surface area contributed by atoms with Gasteiger partial charge in [0.25, 0.3) is 11.7 Å². The van der Waals surface area contributed by atoms with Crippen LogP contribution in [0.3, 0.4) is 0 Å². The zero-order chi connectivity index (χ0) is 22.1. The average molecular weight is 426 g/mol. The number of aliphatic hydroxyl groups is 1. The Balaban J connectivity index is 1.83. The van der Waals surface area contributed by atoms with Crippen LogP contribution in [-0.2, 0) is 9.59 Å². The van der Waals surface area contributed by atoms with Gasteiger partial charge < -0.3 is 24.4 Å². The molecular weight excluding hydrogens is 403 g/mol. The van der Waals surface area contributed by atoms with Gasteiger partial charge in [0.1, 0.15) is 24.8 Å². The highest BCUT2D eigenvalue weighted by Gasteiger charge is 2.46. The van der Waals surface area contributed by atoms with Crippen LogP contribution in [0, 0.1) is 5.82 Å². The molecule has 0 aliphatic carbocycles. The smallest absolute Gasteiger partial charge is 0.295 e. The third-order valence-electron chi connectivity index (χ3n) is 5.31. The van der Waals surface area contributed by atoms with Gasteiger partial charge in [-0.05, 0) is 50.0 Å². The van der Waals surface area contributed by atoms with Gasteiger partial charge in [-0.25, -0.2) is 4.39 Å². The van der Waals surface area contributed by atoms with Crippen LogP contribution in [0.15, 0.2) is 48.0 Å². The minimum Gasteiger partial charge on any atom is -0.507 e. The number of carbonyl (C=O) groups is 2. The first-order chi connectivity index (χ1) is 14.9.